The Labute approximate surface area is 39.0 Å². The third kappa shape index (κ3) is 3.96. The summed E-state index contributed by atoms with van der Waals surface area (Å²) in [5.41, 5.74) is -0.0278. The van der Waals surface area contributed by atoms with Crippen LogP contribution in [0.2, 0.25) is 0 Å². The SMILES string of the molecule is CC(C)(C)[CH]O. The second kappa shape index (κ2) is 1.61. The van der Waals surface area contributed by atoms with E-state index in [2.05, 4.69) is 0 Å². The zero-order valence-electron chi connectivity index (χ0n) is 4.52. The normalized spacial score (nSPS) is 12.0. The molecule has 0 unspecified atom stereocenters. The van der Waals surface area contributed by atoms with Gasteiger partial charge in [-0.2, -0.15) is 0 Å². The highest BCUT2D eigenvalue weighted by molar-refractivity contribution is 4.67. The van der Waals surface area contributed by atoms with Crippen molar-refractivity contribution in [1.29, 1.82) is 0 Å². The summed E-state index contributed by atoms with van der Waals surface area (Å²) < 4.78 is 0. The van der Waals surface area contributed by atoms with E-state index in [1.54, 1.807) is 0 Å². The highest BCUT2D eigenvalue weighted by Crippen LogP contribution is 2.13. The van der Waals surface area contributed by atoms with Crippen molar-refractivity contribution in [3.63, 3.8) is 0 Å². The first-order valence-electron chi connectivity index (χ1n) is 2.05. The number of hydrogen-bond acceptors (Lipinski definition) is 1. The summed E-state index contributed by atoms with van der Waals surface area (Å²) in [5, 5.41) is 8.28. The average molecular weight is 87.1 g/mol. The second-order valence-corrected chi connectivity index (χ2v) is 2.50. The summed E-state index contributed by atoms with van der Waals surface area (Å²) in [5.74, 6) is 0. The number of aliphatic hydroxyl groups excluding tert-OH is 1. The van der Waals surface area contributed by atoms with Crippen molar-refractivity contribution in [3.8, 4) is 0 Å². The number of rotatable bonds is 0. The lowest BCUT2D eigenvalue weighted by Gasteiger charge is -2.10. The average Bonchev–Trinajstić information content (AvgIpc) is 1.35. The van der Waals surface area contributed by atoms with Crippen LogP contribution in [0.5, 0.6) is 0 Å². The van der Waals surface area contributed by atoms with Crippen molar-refractivity contribution in [2.45, 2.75) is 20.8 Å². The smallest absolute Gasteiger partial charge is 0.0852 e. The van der Waals surface area contributed by atoms with Gasteiger partial charge in [0.2, 0.25) is 0 Å². The molecule has 1 N–H and O–H groups in total. The molecule has 0 bridgehead atoms. The Morgan fingerprint density at radius 2 is 1.50 bits per heavy atom. The standard InChI is InChI=1S/C5H11O/c1-5(2,3)4-6/h4,6H,1-3H3. The summed E-state index contributed by atoms with van der Waals surface area (Å²) in [7, 11) is 0. The van der Waals surface area contributed by atoms with Crippen molar-refractivity contribution in [2.75, 3.05) is 0 Å². The minimum Gasteiger partial charge on any atom is -0.390 e. The van der Waals surface area contributed by atoms with Crippen molar-refractivity contribution in [1.82, 2.24) is 0 Å². The molecule has 1 radical (unpaired) electrons. The Balaban J connectivity index is 3.17. The fourth-order valence-electron chi connectivity index (χ4n) is 0. The number of hydrogen-bond donors (Lipinski definition) is 1. The third-order valence-electron chi connectivity index (χ3n) is 0.387. The first-order chi connectivity index (χ1) is 2.56. The van der Waals surface area contributed by atoms with Crippen LogP contribution in [0.25, 0.3) is 0 Å². The molecule has 0 spiro atoms. The zero-order valence-corrected chi connectivity index (χ0v) is 4.52. The molecule has 0 amide bonds. The van der Waals surface area contributed by atoms with E-state index >= 15 is 0 Å². The predicted octanol–water partition coefficient (Wildman–Crippen LogP) is 1.57. The van der Waals surface area contributed by atoms with E-state index in [0.29, 0.717) is 0 Å². The Bertz CT molecular complexity index is 33.7. The maximum atomic E-state index is 8.28. The van der Waals surface area contributed by atoms with Crippen molar-refractivity contribution in [2.24, 2.45) is 5.41 Å². The van der Waals surface area contributed by atoms with Gasteiger partial charge in [-0.1, -0.05) is 20.8 Å². The summed E-state index contributed by atoms with van der Waals surface area (Å²) in [6.07, 6.45) is 0. The van der Waals surface area contributed by atoms with Gasteiger partial charge in [0.25, 0.3) is 0 Å². The maximum Gasteiger partial charge on any atom is 0.0852 e. The summed E-state index contributed by atoms with van der Waals surface area (Å²) in [6.45, 7) is 7.00. The van der Waals surface area contributed by atoms with Crippen molar-refractivity contribution < 1.29 is 5.11 Å². The molecular formula is C5H11O. The van der Waals surface area contributed by atoms with E-state index in [4.69, 9.17) is 5.11 Å². The lowest BCUT2D eigenvalue weighted by molar-refractivity contribution is 0.262. The first kappa shape index (κ1) is 5.96. The lowest BCUT2D eigenvalue weighted by atomic mass is 9.99. The van der Waals surface area contributed by atoms with Crippen LogP contribution in [0.1, 0.15) is 20.8 Å². The highest BCUT2D eigenvalue weighted by atomic mass is 16.3. The quantitative estimate of drug-likeness (QED) is 0.475. The van der Waals surface area contributed by atoms with Gasteiger partial charge < -0.3 is 5.11 Å². The van der Waals surface area contributed by atoms with Crippen molar-refractivity contribution >= 4 is 0 Å². The van der Waals surface area contributed by atoms with Gasteiger partial charge in [-0.05, 0) is 5.41 Å². The number of aliphatic hydroxyl groups is 1. The van der Waals surface area contributed by atoms with Gasteiger partial charge in [0, 0.05) is 0 Å². The molecular weight excluding hydrogens is 76.1 g/mol. The molecule has 6 heavy (non-hydrogen) atoms. The van der Waals surface area contributed by atoms with Crippen LogP contribution < -0.4 is 0 Å². The molecule has 0 rings (SSSR count). The van der Waals surface area contributed by atoms with Crippen LogP contribution in [0.15, 0.2) is 0 Å². The van der Waals surface area contributed by atoms with E-state index in [1.807, 2.05) is 20.8 Å². The Kier molecular flexibility index (Phi) is 1.59. The molecule has 0 heterocycles. The third-order valence-corrected chi connectivity index (χ3v) is 0.387. The minimum atomic E-state index is -0.0278. The van der Waals surface area contributed by atoms with E-state index in [9.17, 15) is 0 Å². The molecule has 0 aliphatic rings. The van der Waals surface area contributed by atoms with E-state index < -0.39 is 0 Å². The van der Waals surface area contributed by atoms with Crippen LogP contribution in [-0.4, -0.2) is 5.11 Å². The zero-order chi connectivity index (χ0) is 5.21. The van der Waals surface area contributed by atoms with Gasteiger partial charge in [0.05, 0.1) is 6.61 Å². The maximum absolute atomic E-state index is 8.28. The van der Waals surface area contributed by atoms with Gasteiger partial charge in [-0.3, -0.25) is 0 Å². The van der Waals surface area contributed by atoms with Gasteiger partial charge in [-0.25, -0.2) is 0 Å². The topological polar surface area (TPSA) is 20.2 Å². The monoisotopic (exact) mass is 87.1 g/mol. The molecule has 1 nitrogen and oxygen atoms in total. The van der Waals surface area contributed by atoms with E-state index in [-0.39, 0.29) is 5.41 Å². The Morgan fingerprint density at radius 1 is 1.33 bits per heavy atom. The fourth-order valence-corrected chi connectivity index (χ4v) is 0. The van der Waals surface area contributed by atoms with Gasteiger partial charge >= 0.3 is 0 Å². The first-order valence-corrected chi connectivity index (χ1v) is 2.05. The van der Waals surface area contributed by atoms with E-state index in [0.717, 1.165) is 0 Å². The van der Waals surface area contributed by atoms with Crippen LogP contribution >= 0.6 is 0 Å². The molecule has 0 aliphatic carbocycles. The van der Waals surface area contributed by atoms with Crippen LogP contribution in [-0.2, 0) is 0 Å². The Hall–Kier alpha value is -0.0400. The van der Waals surface area contributed by atoms with Crippen molar-refractivity contribution in [3.05, 3.63) is 6.61 Å². The molecule has 0 aliphatic heterocycles. The molecule has 0 aromatic rings. The molecule has 0 aromatic heterocycles. The molecule has 0 saturated carbocycles. The Morgan fingerprint density at radius 3 is 1.50 bits per heavy atom. The fraction of sp³-hybridized carbons (Fsp3) is 0.800. The van der Waals surface area contributed by atoms with Crippen LogP contribution in [0.4, 0.5) is 0 Å². The van der Waals surface area contributed by atoms with Crippen LogP contribution in [0.3, 0.4) is 0 Å². The van der Waals surface area contributed by atoms with Gasteiger partial charge in [0.1, 0.15) is 0 Å². The molecule has 0 atom stereocenters. The molecule has 37 valence electrons. The summed E-state index contributed by atoms with van der Waals surface area (Å²) in [6, 6.07) is 0. The van der Waals surface area contributed by atoms with Gasteiger partial charge in [0.15, 0.2) is 0 Å². The summed E-state index contributed by atoms with van der Waals surface area (Å²) in [4.78, 5) is 0. The minimum absolute atomic E-state index is 0.0278. The predicted molar refractivity (Wildman–Crippen MR) is 25.7 cm³/mol. The molecule has 0 saturated heterocycles. The molecule has 0 fully saturated rings. The second-order valence-electron chi connectivity index (χ2n) is 2.50. The van der Waals surface area contributed by atoms with Gasteiger partial charge in [-0.15, -0.1) is 0 Å². The molecule has 0 aromatic carbocycles. The van der Waals surface area contributed by atoms with Crippen LogP contribution in [0, 0.1) is 12.0 Å². The summed E-state index contributed by atoms with van der Waals surface area (Å²) >= 11 is 0. The lowest BCUT2D eigenvalue weighted by Crippen LogP contribution is -2.03. The van der Waals surface area contributed by atoms with E-state index in [1.165, 1.54) is 6.61 Å². The highest BCUT2D eigenvalue weighted by Gasteiger charge is 2.06. The largest absolute Gasteiger partial charge is 0.390 e. The molecule has 1 heteroatoms.